The third-order valence-electron chi connectivity index (χ3n) is 4.68. The van der Waals surface area contributed by atoms with E-state index in [4.69, 9.17) is 5.11 Å². The number of rotatable bonds is 5. The molecule has 8 heteroatoms. The van der Waals surface area contributed by atoms with Gasteiger partial charge in [-0.25, -0.2) is 14.8 Å². The Balaban J connectivity index is 1.67. The number of piperazine rings is 1. The molecule has 1 saturated heterocycles. The van der Waals surface area contributed by atoms with Crippen LogP contribution in [0.1, 0.15) is 6.92 Å². The van der Waals surface area contributed by atoms with E-state index in [1.807, 2.05) is 37.2 Å². The van der Waals surface area contributed by atoms with Crippen LogP contribution in [0.3, 0.4) is 0 Å². The maximum atomic E-state index is 11.0. The fourth-order valence-electron chi connectivity index (χ4n) is 3.34. The summed E-state index contributed by atoms with van der Waals surface area (Å²) in [4.78, 5) is 25.7. The number of fused-ring (bicyclic) bond motifs is 1. The maximum absolute atomic E-state index is 11.0. The van der Waals surface area contributed by atoms with E-state index in [-0.39, 0.29) is 6.04 Å². The molecule has 1 fully saturated rings. The zero-order valence-electron chi connectivity index (χ0n) is 15.5. The molecule has 1 aliphatic rings. The summed E-state index contributed by atoms with van der Waals surface area (Å²) in [6, 6.07) is 6.28. The second kappa shape index (κ2) is 7.74. The number of nitrogens with one attached hydrogen (secondary N) is 1. The summed E-state index contributed by atoms with van der Waals surface area (Å²) in [5.74, 6) is 0.829. The highest BCUT2D eigenvalue weighted by atomic mass is 16.4. The Labute approximate surface area is 153 Å². The third kappa shape index (κ3) is 3.96. The lowest BCUT2D eigenvalue weighted by Gasteiger charge is -2.34. The van der Waals surface area contributed by atoms with E-state index in [0.29, 0.717) is 13.1 Å². The van der Waals surface area contributed by atoms with E-state index in [0.717, 1.165) is 42.0 Å². The highest BCUT2D eigenvalue weighted by Gasteiger charge is 2.21. The van der Waals surface area contributed by atoms with Crippen molar-refractivity contribution >= 4 is 28.5 Å². The molecule has 2 heterocycles. The lowest BCUT2D eigenvalue weighted by Crippen LogP contribution is -2.50. The minimum absolute atomic E-state index is 0.187. The lowest BCUT2D eigenvalue weighted by atomic mass is 10.2. The van der Waals surface area contributed by atoms with Gasteiger partial charge in [0.2, 0.25) is 0 Å². The second-order valence-electron chi connectivity index (χ2n) is 6.91. The summed E-state index contributed by atoms with van der Waals surface area (Å²) in [6.45, 7) is 5.59. The minimum Gasteiger partial charge on any atom is -0.465 e. The Bertz CT molecular complexity index is 773. The quantitative estimate of drug-likeness (QED) is 0.843. The summed E-state index contributed by atoms with van der Waals surface area (Å²) in [6.07, 6.45) is 0.760. The van der Waals surface area contributed by atoms with E-state index in [1.165, 1.54) is 4.90 Å². The van der Waals surface area contributed by atoms with Gasteiger partial charge in [-0.05, 0) is 19.1 Å². The molecule has 1 amide bonds. The molecule has 0 saturated carbocycles. The van der Waals surface area contributed by atoms with Gasteiger partial charge in [0.25, 0.3) is 0 Å². The third-order valence-corrected chi connectivity index (χ3v) is 4.68. The molecule has 1 aromatic carbocycles. The van der Waals surface area contributed by atoms with E-state index in [2.05, 4.69) is 27.1 Å². The first-order valence-corrected chi connectivity index (χ1v) is 8.83. The predicted molar refractivity (Wildman–Crippen MR) is 103 cm³/mol. The number of para-hydroxylation sites is 1. The van der Waals surface area contributed by atoms with Crippen molar-refractivity contribution in [2.45, 2.75) is 13.0 Å². The van der Waals surface area contributed by atoms with E-state index in [9.17, 15) is 4.79 Å². The van der Waals surface area contributed by atoms with Gasteiger partial charge >= 0.3 is 6.09 Å². The SMILES string of the molecule is CC(CN1CCN(C(=O)O)CC1)Nc1ncnc2c(N(C)C)cccc12. The molecule has 8 nitrogen and oxygen atoms in total. The first kappa shape index (κ1) is 18.2. The van der Waals surface area contributed by atoms with Crippen LogP contribution in [0.4, 0.5) is 16.3 Å². The number of hydrogen-bond donors (Lipinski definition) is 2. The molecule has 1 aromatic heterocycles. The Kier molecular flexibility index (Phi) is 5.41. The Morgan fingerprint density at radius 3 is 2.65 bits per heavy atom. The van der Waals surface area contributed by atoms with Gasteiger partial charge in [-0.15, -0.1) is 0 Å². The number of carbonyl (C=O) groups is 1. The van der Waals surface area contributed by atoms with Crippen LogP contribution in [0.2, 0.25) is 0 Å². The molecule has 0 bridgehead atoms. The smallest absolute Gasteiger partial charge is 0.407 e. The van der Waals surface area contributed by atoms with Gasteiger partial charge in [0, 0.05) is 58.2 Å². The van der Waals surface area contributed by atoms with Crippen LogP contribution in [0.25, 0.3) is 10.9 Å². The minimum atomic E-state index is -0.833. The van der Waals surface area contributed by atoms with E-state index >= 15 is 0 Å². The highest BCUT2D eigenvalue weighted by molar-refractivity contribution is 5.97. The molecule has 140 valence electrons. The molecule has 26 heavy (non-hydrogen) atoms. The molecule has 1 aliphatic heterocycles. The average molecular weight is 358 g/mol. The monoisotopic (exact) mass is 358 g/mol. The molecule has 0 aliphatic carbocycles. The largest absolute Gasteiger partial charge is 0.465 e. The van der Waals surface area contributed by atoms with Crippen LogP contribution >= 0.6 is 0 Å². The number of hydrogen-bond acceptors (Lipinski definition) is 6. The van der Waals surface area contributed by atoms with Crippen molar-refractivity contribution in [1.29, 1.82) is 0 Å². The molecule has 2 aromatic rings. The average Bonchev–Trinajstić information content (AvgIpc) is 2.61. The number of amides is 1. The van der Waals surface area contributed by atoms with Crippen molar-refractivity contribution in [3.8, 4) is 0 Å². The highest BCUT2D eigenvalue weighted by Crippen LogP contribution is 2.27. The normalized spacial score (nSPS) is 16.5. The van der Waals surface area contributed by atoms with Crippen molar-refractivity contribution in [2.24, 2.45) is 0 Å². The van der Waals surface area contributed by atoms with Crippen molar-refractivity contribution in [3.05, 3.63) is 24.5 Å². The molecule has 0 spiro atoms. The molecule has 3 rings (SSSR count). The van der Waals surface area contributed by atoms with Crippen LogP contribution < -0.4 is 10.2 Å². The zero-order chi connectivity index (χ0) is 18.7. The zero-order valence-corrected chi connectivity index (χ0v) is 15.5. The van der Waals surface area contributed by atoms with Gasteiger partial charge in [0.15, 0.2) is 0 Å². The number of carboxylic acid groups (broad SMARTS) is 1. The predicted octanol–water partition coefficient (Wildman–Crippen LogP) is 1.79. The molecular formula is C18H26N6O2. The molecule has 1 atom stereocenters. The molecule has 0 radical (unpaired) electrons. The van der Waals surface area contributed by atoms with Crippen LogP contribution in [-0.2, 0) is 0 Å². The molecule has 1 unspecified atom stereocenters. The topological polar surface area (TPSA) is 84.8 Å². The number of aromatic nitrogens is 2. The second-order valence-corrected chi connectivity index (χ2v) is 6.91. The number of anilines is 2. The molecule has 2 N–H and O–H groups in total. The van der Waals surface area contributed by atoms with Crippen LogP contribution in [-0.4, -0.2) is 83.8 Å². The van der Waals surface area contributed by atoms with Crippen molar-refractivity contribution in [1.82, 2.24) is 19.8 Å². The number of nitrogens with zero attached hydrogens (tertiary/aromatic N) is 5. The standard InChI is InChI=1S/C18H26N6O2/c1-13(11-23-7-9-24(10-8-23)18(25)26)21-17-14-5-4-6-15(22(2)3)16(14)19-12-20-17/h4-6,12-13H,7-11H2,1-3H3,(H,25,26)(H,19,20,21). The van der Waals surface area contributed by atoms with Crippen molar-refractivity contribution in [2.75, 3.05) is 57.0 Å². The molecular weight excluding hydrogens is 332 g/mol. The summed E-state index contributed by atoms with van der Waals surface area (Å²) in [7, 11) is 4.01. The van der Waals surface area contributed by atoms with E-state index < -0.39 is 6.09 Å². The summed E-state index contributed by atoms with van der Waals surface area (Å²) < 4.78 is 0. The summed E-state index contributed by atoms with van der Waals surface area (Å²) >= 11 is 0. The Morgan fingerprint density at radius 2 is 2.00 bits per heavy atom. The van der Waals surface area contributed by atoms with E-state index in [1.54, 1.807) is 6.33 Å². The van der Waals surface area contributed by atoms with Gasteiger partial charge in [0.05, 0.1) is 11.2 Å². The van der Waals surface area contributed by atoms with Gasteiger partial charge in [-0.1, -0.05) is 6.07 Å². The van der Waals surface area contributed by atoms with Crippen LogP contribution in [0.5, 0.6) is 0 Å². The van der Waals surface area contributed by atoms with Crippen LogP contribution in [0, 0.1) is 0 Å². The Hall–Kier alpha value is -2.61. The van der Waals surface area contributed by atoms with Crippen molar-refractivity contribution < 1.29 is 9.90 Å². The fraction of sp³-hybridized carbons (Fsp3) is 0.500. The Morgan fingerprint density at radius 1 is 1.27 bits per heavy atom. The number of benzene rings is 1. The van der Waals surface area contributed by atoms with Gasteiger partial charge in [0.1, 0.15) is 12.1 Å². The summed E-state index contributed by atoms with van der Waals surface area (Å²) in [5.41, 5.74) is 1.99. The van der Waals surface area contributed by atoms with Crippen molar-refractivity contribution in [3.63, 3.8) is 0 Å². The maximum Gasteiger partial charge on any atom is 0.407 e. The fourth-order valence-corrected chi connectivity index (χ4v) is 3.34. The van der Waals surface area contributed by atoms with Crippen LogP contribution in [0.15, 0.2) is 24.5 Å². The lowest BCUT2D eigenvalue weighted by molar-refractivity contribution is 0.104. The van der Waals surface area contributed by atoms with Gasteiger partial charge in [-0.2, -0.15) is 0 Å². The first-order chi connectivity index (χ1) is 12.5. The summed E-state index contributed by atoms with van der Waals surface area (Å²) in [5, 5.41) is 13.5. The first-order valence-electron chi connectivity index (χ1n) is 8.83. The van der Waals surface area contributed by atoms with Gasteiger partial charge < -0.3 is 20.2 Å². The van der Waals surface area contributed by atoms with Gasteiger partial charge in [-0.3, -0.25) is 4.90 Å².